The fourth-order valence-electron chi connectivity index (χ4n) is 3.04. The van der Waals surface area contributed by atoms with E-state index in [1.165, 1.54) is 11.3 Å². The average molecular weight is 421 g/mol. The van der Waals surface area contributed by atoms with Crippen LogP contribution in [0.2, 0.25) is 0 Å². The molecule has 1 aliphatic rings. The lowest BCUT2D eigenvalue weighted by atomic mass is 10.1. The molecule has 10 heteroatoms. The summed E-state index contributed by atoms with van der Waals surface area (Å²) in [5.41, 5.74) is 2.59. The van der Waals surface area contributed by atoms with Gasteiger partial charge in [-0.3, -0.25) is 5.10 Å². The van der Waals surface area contributed by atoms with Crippen molar-refractivity contribution < 1.29 is 5.11 Å². The van der Waals surface area contributed by atoms with E-state index in [0.29, 0.717) is 0 Å². The molecule has 0 unspecified atom stereocenters. The molecule has 140 valence electrons. The van der Waals surface area contributed by atoms with Crippen molar-refractivity contribution in [1.82, 2.24) is 25.5 Å². The number of phenolic OH excluding ortho intramolecular Hbond substituents is 1. The highest BCUT2D eigenvalue weighted by Crippen LogP contribution is 2.40. The lowest BCUT2D eigenvalue weighted by molar-refractivity contribution is 0.477. The zero-order valence-electron chi connectivity index (χ0n) is 14.2. The molecule has 7 nitrogen and oxygen atoms in total. The van der Waals surface area contributed by atoms with Crippen molar-refractivity contribution >= 4 is 49.9 Å². The SMILES string of the molecule is Cl.Oc1cc(-c2cn[nH]c2)ccc1-c1nc2sc(N3CCNCC3)nc2s1. The first-order chi connectivity index (χ1) is 12.8. The van der Waals surface area contributed by atoms with Gasteiger partial charge in [-0.25, -0.2) is 9.97 Å². The Kier molecular flexibility index (Phi) is 5.00. The third kappa shape index (κ3) is 3.39. The van der Waals surface area contributed by atoms with Gasteiger partial charge in [0.2, 0.25) is 0 Å². The molecule has 4 aromatic rings. The second kappa shape index (κ2) is 7.43. The molecule has 0 spiro atoms. The van der Waals surface area contributed by atoms with Crippen molar-refractivity contribution in [3.8, 4) is 27.4 Å². The molecule has 1 fully saturated rings. The maximum atomic E-state index is 10.5. The molecular weight excluding hydrogens is 404 g/mol. The van der Waals surface area contributed by atoms with Crippen molar-refractivity contribution in [2.75, 3.05) is 31.1 Å². The largest absolute Gasteiger partial charge is 0.507 e. The predicted octanol–water partition coefficient (Wildman–Crippen LogP) is 3.35. The number of anilines is 1. The first-order valence-electron chi connectivity index (χ1n) is 8.33. The molecule has 0 amide bonds. The highest BCUT2D eigenvalue weighted by molar-refractivity contribution is 7.29. The zero-order chi connectivity index (χ0) is 17.5. The van der Waals surface area contributed by atoms with Crippen molar-refractivity contribution in [1.29, 1.82) is 0 Å². The third-order valence-electron chi connectivity index (χ3n) is 4.41. The summed E-state index contributed by atoms with van der Waals surface area (Å²) in [4.78, 5) is 13.6. The minimum Gasteiger partial charge on any atom is -0.507 e. The number of hydrogen-bond acceptors (Lipinski definition) is 8. The molecule has 0 saturated carbocycles. The van der Waals surface area contributed by atoms with Crippen LogP contribution in [0, 0.1) is 0 Å². The van der Waals surface area contributed by atoms with Gasteiger partial charge < -0.3 is 15.3 Å². The summed E-state index contributed by atoms with van der Waals surface area (Å²) in [5, 5.41) is 22.4. The second-order valence-corrected chi connectivity index (χ2v) is 8.02. The number of hydrogen-bond donors (Lipinski definition) is 3. The van der Waals surface area contributed by atoms with Crippen molar-refractivity contribution in [2.24, 2.45) is 0 Å². The topological polar surface area (TPSA) is 90.0 Å². The summed E-state index contributed by atoms with van der Waals surface area (Å²) >= 11 is 3.14. The zero-order valence-corrected chi connectivity index (χ0v) is 16.6. The van der Waals surface area contributed by atoms with E-state index in [-0.39, 0.29) is 18.2 Å². The normalized spacial score (nSPS) is 14.4. The lowest BCUT2D eigenvalue weighted by Crippen LogP contribution is -2.43. The number of H-pyrrole nitrogens is 1. The Morgan fingerprint density at radius 2 is 1.85 bits per heavy atom. The van der Waals surface area contributed by atoms with Gasteiger partial charge in [0.1, 0.15) is 10.8 Å². The van der Waals surface area contributed by atoms with Gasteiger partial charge in [-0.15, -0.1) is 12.4 Å². The van der Waals surface area contributed by atoms with Crippen LogP contribution in [0.15, 0.2) is 30.6 Å². The molecule has 3 N–H and O–H groups in total. The molecule has 4 heterocycles. The number of halogens is 1. The van der Waals surface area contributed by atoms with Crippen LogP contribution in [0.1, 0.15) is 0 Å². The van der Waals surface area contributed by atoms with Gasteiger partial charge in [-0.1, -0.05) is 28.7 Å². The van der Waals surface area contributed by atoms with E-state index >= 15 is 0 Å². The fourth-order valence-corrected chi connectivity index (χ4v) is 5.16. The number of aromatic hydroxyl groups is 1. The van der Waals surface area contributed by atoms with Gasteiger partial charge in [-0.2, -0.15) is 5.10 Å². The molecular formula is C17H17ClN6OS2. The number of benzene rings is 1. The van der Waals surface area contributed by atoms with Crippen LogP contribution >= 0.6 is 35.1 Å². The number of rotatable bonds is 3. The Morgan fingerprint density at radius 1 is 1.04 bits per heavy atom. The number of aromatic amines is 1. The van der Waals surface area contributed by atoms with Crippen LogP contribution < -0.4 is 10.2 Å². The van der Waals surface area contributed by atoms with Crippen LogP contribution in [0.5, 0.6) is 5.75 Å². The maximum Gasteiger partial charge on any atom is 0.188 e. The van der Waals surface area contributed by atoms with Crippen LogP contribution in [0.25, 0.3) is 31.4 Å². The minimum absolute atomic E-state index is 0. The van der Waals surface area contributed by atoms with Gasteiger partial charge in [0.05, 0.1) is 11.8 Å². The summed E-state index contributed by atoms with van der Waals surface area (Å²) < 4.78 is 0. The third-order valence-corrected chi connectivity index (χ3v) is 6.53. The molecule has 5 rings (SSSR count). The van der Waals surface area contributed by atoms with E-state index in [2.05, 4.69) is 20.4 Å². The van der Waals surface area contributed by atoms with Crippen LogP contribution in [0.3, 0.4) is 0 Å². The maximum absolute atomic E-state index is 10.5. The predicted molar refractivity (Wildman–Crippen MR) is 112 cm³/mol. The van der Waals surface area contributed by atoms with Gasteiger partial charge in [0.25, 0.3) is 0 Å². The van der Waals surface area contributed by atoms with Crippen molar-refractivity contribution in [3.63, 3.8) is 0 Å². The first kappa shape index (κ1) is 18.2. The Morgan fingerprint density at radius 3 is 2.56 bits per heavy atom. The van der Waals surface area contributed by atoms with E-state index in [0.717, 1.165) is 62.7 Å². The van der Waals surface area contributed by atoms with Crippen LogP contribution in [0.4, 0.5) is 5.13 Å². The summed E-state index contributed by atoms with van der Waals surface area (Å²) in [6.45, 7) is 3.93. The molecule has 0 aliphatic carbocycles. The number of phenols is 1. The van der Waals surface area contributed by atoms with Gasteiger partial charge >= 0.3 is 0 Å². The molecule has 0 bridgehead atoms. The summed E-state index contributed by atoms with van der Waals surface area (Å²) in [6.07, 6.45) is 3.53. The summed E-state index contributed by atoms with van der Waals surface area (Å²) in [6, 6.07) is 5.61. The molecule has 1 saturated heterocycles. The second-order valence-electron chi connectivity index (χ2n) is 6.08. The highest BCUT2D eigenvalue weighted by Gasteiger charge is 2.19. The Bertz CT molecular complexity index is 1020. The molecule has 0 radical (unpaired) electrons. The van der Waals surface area contributed by atoms with E-state index < -0.39 is 0 Å². The first-order valence-corrected chi connectivity index (χ1v) is 9.97. The van der Waals surface area contributed by atoms with E-state index in [1.807, 2.05) is 12.1 Å². The standard InChI is InChI=1S/C17H16N6OS2.ClH/c24-13-7-10(11-8-19-20-9-11)1-2-12(13)14-21-15-16(25-14)22-17(26-15)23-5-3-18-4-6-23;/h1-2,7-9,18,24H,3-6H2,(H,19,20);1H. The smallest absolute Gasteiger partial charge is 0.188 e. The number of piperazine rings is 1. The number of aromatic nitrogens is 4. The van der Waals surface area contributed by atoms with Gasteiger partial charge in [0.15, 0.2) is 14.8 Å². The van der Waals surface area contributed by atoms with Crippen LogP contribution in [-0.2, 0) is 0 Å². The Labute approximate surface area is 169 Å². The minimum atomic E-state index is 0. The van der Waals surface area contributed by atoms with E-state index in [4.69, 9.17) is 9.97 Å². The number of nitrogens with one attached hydrogen (secondary N) is 2. The number of nitrogens with zero attached hydrogens (tertiary/aromatic N) is 4. The van der Waals surface area contributed by atoms with Gasteiger partial charge in [0, 0.05) is 37.9 Å². The van der Waals surface area contributed by atoms with E-state index in [1.54, 1.807) is 29.8 Å². The average Bonchev–Trinajstić information content (AvgIpc) is 3.38. The van der Waals surface area contributed by atoms with Crippen molar-refractivity contribution in [2.45, 2.75) is 0 Å². The van der Waals surface area contributed by atoms with E-state index in [9.17, 15) is 5.11 Å². The molecule has 27 heavy (non-hydrogen) atoms. The molecule has 0 atom stereocenters. The number of fused-ring (bicyclic) bond motifs is 1. The Hall–Kier alpha value is -2.20. The highest BCUT2D eigenvalue weighted by atomic mass is 35.5. The molecule has 3 aromatic heterocycles. The summed E-state index contributed by atoms with van der Waals surface area (Å²) in [7, 11) is 0. The monoisotopic (exact) mass is 420 g/mol. The molecule has 1 aliphatic heterocycles. The number of thiazole rings is 2. The fraction of sp³-hybridized carbons (Fsp3) is 0.235. The summed E-state index contributed by atoms with van der Waals surface area (Å²) in [5.74, 6) is 0.215. The lowest BCUT2D eigenvalue weighted by Gasteiger charge is -2.26. The molecule has 1 aromatic carbocycles. The quantitative estimate of drug-likeness (QED) is 0.471. The van der Waals surface area contributed by atoms with Crippen LogP contribution in [-0.4, -0.2) is 51.5 Å². The van der Waals surface area contributed by atoms with Crippen molar-refractivity contribution in [3.05, 3.63) is 30.6 Å². The Balaban J connectivity index is 0.00000180. The van der Waals surface area contributed by atoms with Gasteiger partial charge in [-0.05, 0) is 17.7 Å².